The van der Waals surface area contributed by atoms with Gasteiger partial charge in [0.05, 0.1) is 5.56 Å². The zero-order valence-electron chi connectivity index (χ0n) is 7.46. The molecule has 0 unspecified atom stereocenters. The maximum Gasteiger partial charge on any atom is 0.254 e. The molecule has 4 heteroatoms. The van der Waals surface area contributed by atoms with Crippen LogP contribution in [0.1, 0.15) is 23.2 Å². The molecule has 0 atom stereocenters. The molecule has 1 aliphatic carbocycles. The van der Waals surface area contributed by atoms with Gasteiger partial charge in [-0.2, -0.15) is 0 Å². The molecule has 1 N–H and O–H groups in total. The van der Waals surface area contributed by atoms with Gasteiger partial charge in [-0.25, -0.2) is 4.39 Å². The molecule has 1 aromatic rings. The van der Waals surface area contributed by atoms with Gasteiger partial charge in [-0.1, -0.05) is 0 Å². The van der Waals surface area contributed by atoms with Crippen LogP contribution in [0.15, 0.2) is 23.1 Å². The third-order valence-corrected chi connectivity index (χ3v) is 2.39. The van der Waals surface area contributed by atoms with Gasteiger partial charge < -0.3 is 5.32 Å². The summed E-state index contributed by atoms with van der Waals surface area (Å²) in [5, 5.41) is 2.73. The molecule has 0 radical (unpaired) electrons. The molecule has 0 saturated heterocycles. The molecule has 0 spiro atoms. The number of carbonyl (C=O) groups excluding carboxylic acids is 1. The highest BCUT2D eigenvalue weighted by Crippen LogP contribution is 2.20. The fraction of sp³-hybridized carbons (Fsp3) is 0.300. The van der Waals surface area contributed by atoms with Crippen molar-refractivity contribution in [1.82, 2.24) is 5.32 Å². The van der Waals surface area contributed by atoms with Crippen LogP contribution in [0.4, 0.5) is 4.39 Å². The molecular weight excluding hydrogens is 201 g/mol. The first-order chi connectivity index (χ1) is 6.66. The minimum absolute atomic E-state index is 0.0735. The molecule has 0 aliphatic heterocycles. The van der Waals surface area contributed by atoms with E-state index in [1.807, 2.05) is 0 Å². The van der Waals surface area contributed by atoms with Crippen LogP contribution < -0.4 is 5.32 Å². The Kier molecular flexibility index (Phi) is 2.46. The summed E-state index contributed by atoms with van der Waals surface area (Å²) in [5.74, 6) is -0.846. The first-order valence-electron chi connectivity index (χ1n) is 4.46. The number of carbonyl (C=O) groups is 1. The summed E-state index contributed by atoms with van der Waals surface area (Å²) in [6.45, 7) is 0. The molecule has 2 nitrogen and oxygen atoms in total. The van der Waals surface area contributed by atoms with E-state index in [1.165, 1.54) is 18.2 Å². The molecule has 1 aliphatic rings. The van der Waals surface area contributed by atoms with Crippen molar-refractivity contribution in [2.24, 2.45) is 0 Å². The van der Waals surface area contributed by atoms with E-state index in [1.54, 1.807) is 0 Å². The number of hydrogen-bond acceptors (Lipinski definition) is 2. The smallest absolute Gasteiger partial charge is 0.254 e. The van der Waals surface area contributed by atoms with E-state index in [-0.39, 0.29) is 17.5 Å². The van der Waals surface area contributed by atoms with Crippen molar-refractivity contribution in [3.8, 4) is 0 Å². The molecule has 0 bridgehead atoms. The standard InChI is InChI=1S/C10H10FNOS/c11-9-4-3-7(14)5-8(9)10(13)12-6-1-2-6/h3-6,14H,1-2H2,(H,12,13). The lowest BCUT2D eigenvalue weighted by Gasteiger charge is -2.04. The quantitative estimate of drug-likeness (QED) is 0.720. The van der Waals surface area contributed by atoms with Crippen LogP contribution in [-0.4, -0.2) is 11.9 Å². The lowest BCUT2D eigenvalue weighted by molar-refractivity contribution is 0.0947. The normalized spacial score (nSPS) is 15.3. The number of halogens is 1. The maximum atomic E-state index is 13.2. The van der Waals surface area contributed by atoms with Crippen LogP contribution in [0.2, 0.25) is 0 Å². The second kappa shape index (κ2) is 3.61. The molecule has 1 amide bonds. The fourth-order valence-corrected chi connectivity index (χ4v) is 1.38. The highest BCUT2D eigenvalue weighted by Gasteiger charge is 2.24. The summed E-state index contributed by atoms with van der Waals surface area (Å²) >= 11 is 4.06. The van der Waals surface area contributed by atoms with Gasteiger partial charge in [-0.3, -0.25) is 4.79 Å². The second-order valence-corrected chi connectivity index (χ2v) is 3.93. The number of rotatable bonds is 2. The summed E-state index contributed by atoms with van der Waals surface area (Å²) in [4.78, 5) is 12.1. The zero-order chi connectivity index (χ0) is 10.1. The predicted octanol–water partition coefficient (Wildman–Crippen LogP) is 2.01. The third-order valence-electron chi connectivity index (χ3n) is 2.11. The molecule has 2 rings (SSSR count). The Bertz CT molecular complexity index is 376. The SMILES string of the molecule is O=C(NC1CC1)c1cc(S)ccc1F. The topological polar surface area (TPSA) is 29.1 Å². The van der Waals surface area contributed by atoms with Crippen molar-refractivity contribution >= 4 is 18.5 Å². The van der Waals surface area contributed by atoms with E-state index in [9.17, 15) is 9.18 Å². The average molecular weight is 211 g/mol. The minimum Gasteiger partial charge on any atom is -0.349 e. The van der Waals surface area contributed by atoms with Crippen molar-refractivity contribution < 1.29 is 9.18 Å². The molecule has 1 aromatic carbocycles. The lowest BCUT2D eigenvalue weighted by Crippen LogP contribution is -2.26. The zero-order valence-corrected chi connectivity index (χ0v) is 8.35. The van der Waals surface area contributed by atoms with Crippen molar-refractivity contribution in [2.45, 2.75) is 23.8 Å². The second-order valence-electron chi connectivity index (χ2n) is 3.41. The van der Waals surface area contributed by atoms with Crippen LogP contribution in [-0.2, 0) is 0 Å². The Morgan fingerprint density at radius 2 is 2.21 bits per heavy atom. The fourth-order valence-electron chi connectivity index (χ4n) is 1.18. The van der Waals surface area contributed by atoms with E-state index >= 15 is 0 Å². The van der Waals surface area contributed by atoms with Crippen molar-refractivity contribution in [3.05, 3.63) is 29.6 Å². The number of benzene rings is 1. The van der Waals surface area contributed by atoms with E-state index < -0.39 is 5.82 Å². The number of amides is 1. The van der Waals surface area contributed by atoms with Crippen LogP contribution in [0, 0.1) is 5.82 Å². The van der Waals surface area contributed by atoms with Crippen molar-refractivity contribution in [2.75, 3.05) is 0 Å². The highest BCUT2D eigenvalue weighted by atomic mass is 32.1. The van der Waals surface area contributed by atoms with E-state index in [0.717, 1.165) is 12.8 Å². The molecule has 1 fully saturated rings. The molecule has 14 heavy (non-hydrogen) atoms. The first-order valence-corrected chi connectivity index (χ1v) is 4.91. The van der Waals surface area contributed by atoms with Gasteiger partial charge in [0.15, 0.2) is 0 Å². The predicted molar refractivity (Wildman–Crippen MR) is 54.1 cm³/mol. The van der Waals surface area contributed by atoms with E-state index in [4.69, 9.17) is 0 Å². The van der Waals surface area contributed by atoms with E-state index in [2.05, 4.69) is 17.9 Å². The largest absolute Gasteiger partial charge is 0.349 e. The maximum absolute atomic E-state index is 13.2. The van der Waals surface area contributed by atoms with Gasteiger partial charge in [0.2, 0.25) is 0 Å². The van der Waals surface area contributed by atoms with Gasteiger partial charge in [-0.15, -0.1) is 12.6 Å². The summed E-state index contributed by atoms with van der Waals surface area (Å²) in [6, 6.07) is 4.46. The number of thiol groups is 1. The van der Waals surface area contributed by atoms with Crippen LogP contribution in [0.5, 0.6) is 0 Å². The third kappa shape index (κ3) is 2.07. The molecule has 1 saturated carbocycles. The van der Waals surface area contributed by atoms with Crippen molar-refractivity contribution in [3.63, 3.8) is 0 Å². The lowest BCUT2D eigenvalue weighted by atomic mass is 10.2. The molecule has 0 aromatic heterocycles. The summed E-state index contributed by atoms with van der Waals surface area (Å²) < 4.78 is 13.2. The van der Waals surface area contributed by atoms with Crippen LogP contribution in [0.3, 0.4) is 0 Å². The summed E-state index contributed by atoms with van der Waals surface area (Å²) in [6.07, 6.45) is 1.99. The minimum atomic E-state index is -0.499. The van der Waals surface area contributed by atoms with Gasteiger partial charge in [0.1, 0.15) is 5.82 Å². The first kappa shape index (κ1) is 9.52. The van der Waals surface area contributed by atoms with Gasteiger partial charge in [0.25, 0.3) is 5.91 Å². The van der Waals surface area contributed by atoms with E-state index in [0.29, 0.717) is 4.90 Å². The number of nitrogens with one attached hydrogen (secondary N) is 1. The average Bonchev–Trinajstić information content (AvgIpc) is 2.93. The van der Waals surface area contributed by atoms with Crippen LogP contribution >= 0.6 is 12.6 Å². The van der Waals surface area contributed by atoms with Gasteiger partial charge in [-0.05, 0) is 31.0 Å². The Morgan fingerprint density at radius 1 is 1.50 bits per heavy atom. The summed E-state index contributed by atoms with van der Waals surface area (Å²) in [7, 11) is 0. The molecule has 74 valence electrons. The van der Waals surface area contributed by atoms with Crippen LogP contribution in [0.25, 0.3) is 0 Å². The monoisotopic (exact) mass is 211 g/mol. The Balaban J connectivity index is 2.20. The Morgan fingerprint density at radius 3 is 2.86 bits per heavy atom. The highest BCUT2D eigenvalue weighted by molar-refractivity contribution is 7.80. The van der Waals surface area contributed by atoms with Gasteiger partial charge >= 0.3 is 0 Å². The van der Waals surface area contributed by atoms with Crippen molar-refractivity contribution in [1.29, 1.82) is 0 Å². The Labute approximate surface area is 86.9 Å². The molecular formula is C10H10FNOS. The number of hydrogen-bond donors (Lipinski definition) is 2. The Hall–Kier alpha value is -1.03. The summed E-state index contributed by atoms with van der Waals surface area (Å²) in [5.41, 5.74) is 0.0735. The van der Waals surface area contributed by atoms with Gasteiger partial charge in [0, 0.05) is 10.9 Å². The molecule has 0 heterocycles.